The number of methoxy groups -OCH3 is 1. The summed E-state index contributed by atoms with van der Waals surface area (Å²) in [6, 6.07) is 0. The highest BCUT2D eigenvalue weighted by molar-refractivity contribution is 5.71. The first-order valence-corrected chi connectivity index (χ1v) is 8.90. The molecule has 4 atom stereocenters. The third kappa shape index (κ3) is 7.55. The Morgan fingerprint density at radius 1 is 1.28 bits per heavy atom. The minimum Gasteiger partial charge on any atom is -0.455 e. The zero-order valence-electron chi connectivity index (χ0n) is 16.2. The molecule has 0 unspecified atom stereocenters. The van der Waals surface area contributed by atoms with E-state index in [-0.39, 0.29) is 24.7 Å². The smallest absolute Gasteiger partial charge is 0.320 e. The van der Waals surface area contributed by atoms with Crippen molar-refractivity contribution < 1.29 is 19.0 Å². The number of esters is 1. The molecule has 1 saturated heterocycles. The number of rotatable bonds is 8. The summed E-state index contributed by atoms with van der Waals surface area (Å²) in [6.07, 6.45) is 9.23. The van der Waals surface area contributed by atoms with Gasteiger partial charge in [0.15, 0.2) is 6.10 Å². The van der Waals surface area contributed by atoms with Crippen molar-refractivity contribution in [1.29, 1.82) is 0 Å². The summed E-state index contributed by atoms with van der Waals surface area (Å²) in [7, 11) is 1.63. The maximum Gasteiger partial charge on any atom is 0.320 e. The van der Waals surface area contributed by atoms with E-state index in [1.165, 1.54) is 11.1 Å². The first kappa shape index (κ1) is 21.6. The summed E-state index contributed by atoms with van der Waals surface area (Å²) >= 11 is 0. The first-order chi connectivity index (χ1) is 11.9. The van der Waals surface area contributed by atoms with Crippen LogP contribution in [-0.2, 0) is 19.0 Å². The fourth-order valence-corrected chi connectivity index (χ4v) is 2.83. The summed E-state index contributed by atoms with van der Waals surface area (Å²) in [5.41, 5.74) is 8.00. The lowest BCUT2D eigenvalue weighted by molar-refractivity contribution is -0.189. The minimum atomic E-state index is -0.486. The van der Waals surface area contributed by atoms with Gasteiger partial charge >= 0.3 is 5.97 Å². The summed E-state index contributed by atoms with van der Waals surface area (Å²) in [4.78, 5) is 11.6. The molecule has 1 aliphatic rings. The normalized spacial score (nSPS) is 27.4. The zero-order valence-corrected chi connectivity index (χ0v) is 16.2. The second kappa shape index (κ2) is 11.2. The molecular weight excluding hydrogens is 318 g/mol. The van der Waals surface area contributed by atoms with Crippen LogP contribution in [0.1, 0.15) is 40.5 Å². The molecule has 0 bridgehead atoms. The number of hydrogen-bond donors (Lipinski definition) is 1. The van der Waals surface area contributed by atoms with Gasteiger partial charge in [-0.15, -0.1) is 0 Å². The van der Waals surface area contributed by atoms with Crippen molar-refractivity contribution in [3.63, 3.8) is 0 Å². The molecule has 0 aromatic rings. The van der Waals surface area contributed by atoms with E-state index in [2.05, 4.69) is 32.9 Å². The van der Waals surface area contributed by atoms with Crippen LogP contribution >= 0.6 is 0 Å². The van der Waals surface area contributed by atoms with E-state index in [0.717, 1.165) is 12.8 Å². The molecule has 5 nitrogen and oxygen atoms in total. The highest BCUT2D eigenvalue weighted by Crippen LogP contribution is 2.26. The number of carbonyl (C=O) groups is 1. The second-order valence-electron chi connectivity index (χ2n) is 6.85. The molecule has 1 rings (SSSR count). The van der Waals surface area contributed by atoms with Gasteiger partial charge in [-0.3, -0.25) is 4.79 Å². The maximum atomic E-state index is 11.6. The van der Waals surface area contributed by atoms with Crippen LogP contribution in [0.15, 0.2) is 35.5 Å². The highest BCUT2D eigenvalue weighted by Gasteiger charge is 2.40. The molecular formula is C20H33NO4. The Balaban J connectivity index is 2.74. The van der Waals surface area contributed by atoms with Gasteiger partial charge in [0.05, 0.1) is 13.2 Å². The predicted molar refractivity (Wildman–Crippen MR) is 100 cm³/mol. The predicted octanol–water partition coefficient (Wildman–Crippen LogP) is 3.16. The first-order valence-electron chi connectivity index (χ1n) is 8.90. The SMILES string of the molecule is CO[C@@H]1[C@@H](OC(=O)CN)[C@H](/C=C/C=C(\C)CCC=C(C)C)OC[C@@H]1C. The Labute approximate surface area is 151 Å². The zero-order chi connectivity index (χ0) is 18.8. The standard InChI is InChI=1S/C20H33NO4/c1-14(2)8-6-9-15(3)10-7-11-17-20(25-18(22)12-21)19(23-5)16(4)13-24-17/h7-8,10-11,16-17,19-20H,6,9,12-13,21H2,1-5H3/b11-7+,15-10+/t16-,17-,19-,20-/m0/s1. The van der Waals surface area contributed by atoms with Gasteiger partial charge in [0.1, 0.15) is 12.2 Å². The third-order valence-corrected chi connectivity index (χ3v) is 4.24. The second-order valence-corrected chi connectivity index (χ2v) is 6.85. The van der Waals surface area contributed by atoms with E-state index in [1.807, 2.05) is 19.1 Å². The minimum absolute atomic E-state index is 0.145. The molecule has 1 fully saturated rings. The summed E-state index contributed by atoms with van der Waals surface area (Å²) in [5.74, 6) is -0.303. The van der Waals surface area contributed by atoms with Crippen molar-refractivity contribution in [2.45, 2.75) is 58.8 Å². The van der Waals surface area contributed by atoms with Crippen LogP contribution in [0.5, 0.6) is 0 Å². The monoisotopic (exact) mass is 351 g/mol. The van der Waals surface area contributed by atoms with Gasteiger partial charge in [-0.2, -0.15) is 0 Å². The van der Waals surface area contributed by atoms with Gasteiger partial charge in [0.2, 0.25) is 0 Å². The van der Waals surface area contributed by atoms with Gasteiger partial charge in [0, 0.05) is 13.0 Å². The average Bonchev–Trinajstić information content (AvgIpc) is 2.56. The Hall–Kier alpha value is -1.43. The van der Waals surface area contributed by atoms with Gasteiger partial charge in [-0.1, -0.05) is 42.4 Å². The largest absolute Gasteiger partial charge is 0.455 e. The molecule has 25 heavy (non-hydrogen) atoms. The van der Waals surface area contributed by atoms with E-state index < -0.39 is 12.1 Å². The van der Waals surface area contributed by atoms with Gasteiger partial charge < -0.3 is 19.9 Å². The van der Waals surface area contributed by atoms with Crippen LogP contribution in [0.2, 0.25) is 0 Å². The van der Waals surface area contributed by atoms with Gasteiger partial charge in [0.25, 0.3) is 0 Å². The molecule has 0 aromatic carbocycles. The fourth-order valence-electron chi connectivity index (χ4n) is 2.83. The summed E-state index contributed by atoms with van der Waals surface area (Å²) < 4.78 is 16.9. The Kier molecular flexibility index (Phi) is 9.71. The van der Waals surface area contributed by atoms with E-state index in [1.54, 1.807) is 7.11 Å². The van der Waals surface area contributed by atoms with Crippen LogP contribution in [0.4, 0.5) is 0 Å². The average molecular weight is 351 g/mol. The van der Waals surface area contributed by atoms with Crippen LogP contribution in [0.3, 0.4) is 0 Å². The number of hydrogen-bond acceptors (Lipinski definition) is 5. The molecule has 5 heteroatoms. The van der Waals surface area contributed by atoms with Gasteiger partial charge in [-0.25, -0.2) is 0 Å². The molecule has 0 aromatic heterocycles. The van der Waals surface area contributed by atoms with E-state index in [0.29, 0.717) is 6.61 Å². The molecule has 2 N–H and O–H groups in total. The molecule has 142 valence electrons. The molecule has 0 aliphatic carbocycles. The molecule has 0 radical (unpaired) electrons. The van der Waals surface area contributed by atoms with Crippen LogP contribution in [0.25, 0.3) is 0 Å². The summed E-state index contributed by atoms with van der Waals surface area (Å²) in [5, 5.41) is 0. The quantitative estimate of drug-likeness (QED) is 0.413. The van der Waals surface area contributed by atoms with E-state index in [4.69, 9.17) is 19.9 Å². The van der Waals surface area contributed by atoms with Crippen molar-refractivity contribution in [2.24, 2.45) is 11.7 Å². The molecule has 0 saturated carbocycles. The fraction of sp³-hybridized carbons (Fsp3) is 0.650. The van der Waals surface area contributed by atoms with Gasteiger partial charge in [-0.05, 0) is 33.6 Å². The number of allylic oxidation sites excluding steroid dienone is 5. The van der Waals surface area contributed by atoms with Crippen LogP contribution in [-0.4, -0.2) is 44.5 Å². The van der Waals surface area contributed by atoms with Crippen molar-refractivity contribution in [3.05, 3.63) is 35.5 Å². The summed E-state index contributed by atoms with van der Waals surface area (Å²) in [6.45, 7) is 8.75. The maximum absolute atomic E-state index is 11.6. The molecule has 1 heterocycles. The lowest BCUT2D eigenvalue weighted by Crippen LogP contribution is -2.52. The van der Waals surface area contributed by atoms with Crippen molar-refractivity contribution in [2.75, 3.05) is 20.3 Å². The van der Waals surface area contributed by atoms with Crippen molar-refractivity contribution in [1.82, 2.24) is 0 Å². The van der Waals surface area contributed by atoms with E-state index in [9.17, 15) is 4.79 Å². The third-order valence-electron chi connectivity index (χ3n) is 4.24. The van der Waals surface area contributed by atoms with Crippen LogP contribution < -0.4 is 5.73 Å². The molecule has 0 amide bonds. The Morgan fingerprint density at radius 2 is 2.00 bits per heavy atom. The van der Waals surface area contributed by atoms with E-state index >= 15 is 0 Å². The molecule has 1 aliphatic heterocycles. The highest BCUT2D eigenvalue weighted by atomic mass is 16.6. The van der Waals surface area contributed by atoms with Crippen molar-refractivity contribution >= 4 is 5.97 Å². The van der Waals surface area contributed by atoms with Crippen LogP contribution in [0, 0.1) is 5.92 Å². The lowest BCUT2D eigenvalue weighted by atomic mass is 9.93. The lowest BCUT2D eigenvalue weighted by Gasteiger charge is -2.39. The number of nitrogens with two attached hydrogens (primary N) is 1. The number of carbonyl (C=O) groups excluding carboxylic acids is 1. The number of ether oxygens (including phenoxy) is 3. The Bertz CT molecular complexity index is 506. The Morgan fingerprint density at radius 3 is 2.60 bits per heavy atom. The topological polar surface area (TPSA) is 70.8 Å². The molecule has 0 spiro atoms. The van der Waals surface area contributed by atoms with Crippen molar-refractivity contribution in [3.8, 4) is 0 Å².